The molecule has 0 spiro atoms. The van der Waals surface area contributed by atoms with Gasteiger partial charge in [0, 0.05) is 20.8 Å². The van der Waals surface area contributed by atoms with Crippen molar-refractivity contribution in [3.63, 3.8) is 0 Å². The van der Waals surface area contributed by atoms with Gasteiger partial charge in [-0.15, -0.1) is 11.8 Å². The van der Waals surface area contributed by atoms with E-state index < -0.39 is 0 Å². The Hall–Kier alpha value is -0.710. The first kappa shape index (κ1) is 13.7. The molecule has 0 aromatic heterocycles. The molecule has 94 valence electrons. The molecule has 0 unspecified atom stereocenters. The fourth-order valence-electron chi connectivity index (χ4n) is 1.42. The molecule has 1 nitrogen and oxygen atoms in total. The largest absolute Gasteiger partial charge is 0.399 e. The van der Waals surface area contributed by atoms with Crippen molar-refractivity contribution in [2.45, 2.75) is 10.6 Å². The Bertz CT molecular complexity index is 577. The first-order valence-corrected chi connectivity index (χ1v) is 7.33. The van der Waals surface area contributed by atoms with Crippen molar-refractivity contribution in [2.75, 3.05) is 5.73 Å². The van der Waals surface area contributed by atoms with E-state index in [-0.39, 0.29) is 5.82 Å². The van der Waals surface area contributed by atoms with E-state index >= 15 is 0 Å². The average molecular weight is 347 g/mol. The lowest BCUT2D eigenvalue weighted by atomic mass is 10.2. The molecule has 0 atom stereocenters. The number of hydrogen-bond acceptors (Lipinski definition) is 2. The van der Waals surface area contributed by atoms with Crippen molar-refractivity contribution in [1.29, 1.82) is 0 Å². The van der Waals surface area contributed by atoms with Gasteiger partial charge in [-0.1, -0.05) is 33.6 Å². The quantitative estimate of drug-likeness (QED) is 0.617. The molecule has 0 heterocycles. The highest BCUT2D eigenvalue weighted by Gasteiger charge is 2.05. The van der Waals surface area contributed by atoms with Crippen LogP contribution in [-0.4, -0.2) is 0 Å². The number of anilines is 1. The molecule has 0 aliphatic rings. The third-order valence-electron chi connectivity index (χ3n) is 2.35. The minimum absolute atomic E-state index is 0.252. The normalized spacial score (nSPS) is 10.6. The lowest BCUT2D eigenvalue weighted by molar-refractivity contribution is 0.626. The summed E-state index contributed by atoms with van der Waals surface area (Å²) in [4.78, 5) is 0.924. The van der Waals surface area contributed by atoms with Gasteiger partial charge < -0.3 is 5.73 Å². The van der Waals surface area contributed by atoms with Crippen molar-refractivity contribution >= 4 is 45.0 Å². The van der Waals surface area contributed by atoms with Crippen LogP contribution in [0.5, 0.6) is 0 Å². The second kappa shape index (κ2) is 5.95. The van der Waals surface area contributed by atoms with Crippen molar-refractivity contribution in [3.05, 3.63) is 57.3 Å². The van der Waals surface area contributed by atoms with Gasteiger partial charge in [-0.25, -0.2) is 4.39 Å². The number of halogens is 3. The Balaban J connectivity index is 2.13. The molecule has 5 heteroatoms. The Morgan fingerprint density at radius 3 is 2.72 bits per heavy atom. The van der Waals surface area contributed by atoms with E-state index in [4.69, 9.17) is 17.3 Å². The summed E-state index contributed by atoms with van der Waals surface area (Å²) in [5, 5.41) is 0.674. The summed E-state index contributed by atoms with van der Waals surface area (Å²) in [6.07, 6.45) is 0. The number of thioether (sulfide) groups is 1. The monoisotopic (exact) mass is 345 g/mol. The number of hydrogen-bond donors (Lipinski definition) is 1. The van der Waals surface area contributed by atoms with Crippen molar-refractivity contribution in [1.82, 2.24) is 0 Å². The molecule has 0 bridgehead atoms. The number of nitrogen functional groups attached to an aromatic ring is 1. The van der Waals surface area contributed by atoms with Gasteiger partial charge in [0.1, 0.15) is 5.82 Å². The molecule has 2 aromatic carbocycles. The third kappa shape index (κ3) is 3.40. The van der Waals surface area contributed by atoms with Gasteiger partial charge in [0.2, 0.25) is 0 Å². The Labute approximate surface area is 123 Å². The standard InChI is InChI=1S/C13H10BrClFNS/c14-11-5-9(16)2-1-8(11)7-18-13-6-10(17)3-4-12(13)15/h1-6H,7,17H2. The topological polar surface area (TPSA) is 26.0 Å². The summed E-state index contributed by atoms with van der Waals surface area (Å²) in [7, 11) is 0. The van der Waals surface area contributed by atoms with Crippen LogP contribution in [0.25, 0.3) is 0 Å². The molecule has 0 aliphatic heterocycles. The summed E-state index contributed by atoms with van der Waals surface area (Å²) in [6.45, 7) is 0. The van der Waals surface area contributed by atoms with Gasteiger partial charge in [0.05, 0.1) is 5.02 Å². The summed E-state index contributed by atoms with van der Waals surface area (Å²) in [6, 6.07) is 10.0. The Kier molecular flexibility index (Phi) is 4.54. The lowest BCUT2D eigenvalue weighted by Crippen LogP contribution is -1.87. The van der Waals surface area contributed by atoms with Crippen LogP contribution < -0.4 is 5.73 Å². The molecule has 0 aliphatic carbocycles. The fourth-order valence-corrected chi connectivity index (χ4v) is 3.37. The van der Waals surface area contributed by atoms with Crippen molar-refractivity contribution in [3.8, 4) is 0 Å². The van der Waals surface area contributed by atoms with Crippen LogP contribution in [0.15, 0.2) is 45.8 Å². The van der Waals surface area contributed by atoms with Gasteiger partial charge in [-0.3, -0.25) is 0 Å². The minimum Gasteiger partial charge on any atom is -0.399 e. The maximum atomic E-state index is 13.0. The molecule has 2 aromatic rings. The minimum atomic E-state index is -0.252. The van der Waals surface area contributed by atoms with E-state index in [9.17, 15) is 4.39 Å². The van der Waals surface area contributed by atoms with Crippen LogP contribution in [0, 0.1) is 5.82 Å². The number of nitrogens with two attached hydrogens (primary N) is 1. The van der Waals surface area contributed by atoms with E-state index in [2.05, 4.69) is 15.9 Å². The highest BCUT2D eigenvalue weighted by molar-refractivity contribution is 9.10. The smallest absolute Gasteiger partial charge is 0.124 e. The van der Waals surface area contributed by atoms with Crippen LogP contribution in [-0.2, 0) is 5.75 Å². The molecule has 0 fully saturated rings. The molecular weight excluding hydrogens is 337 g/mol. The highest BCUT2D eigenvalue weighted by Crippen LogP contribution is 2.33. The molecule has 2 rings (SSSR count). The Morgan fingerprint density at radius 2 is 2.00 bits per heavy atom. The molecule has 0 amide bonds. The fraction of sp³-hybridized carbons (Fsp3) is 0.0769. The van der Waals surface area contributed by atoms with Gasteiger partial charge in [-0.05, 0) is 35.9 Å². The summed E-state index contributed by atoms with van der Waals surface area (Å²) < 4.78 is 13.7. The van der Waals surface area contributed by atoms with E-state index in [1.54, 1.807) is 30.0 Å². The number of benzene rings is 2. The zero-order chi connectivity index (χ0) is 13.1. The van der Waals surface area contributed by atoms with Crippen LogP contribution >= 0.6 is 39.3 Å². The lowest BCUT2D eigenvalue weighted by Gasteiger charge is -2.07. The predicted molar refractivity (Wildman–Crippen MR) is 79.5 cm³/mol. The maximum Gasteiger partial charge on any atom is 0.124 e. The van der Waals surface area contributed by atoms with Gasteiger partial charge in [-0.2, -0.15) is 0 Å². The second-order valence-electron chi connectivity index (χ2n) is 3.71. The van der Waals surface area contributed by atoms with E-state index in [0.29, 0.717) is 16.5 Å². The molecule has 0 saturated heterocycles. The number of rotatable bonds is 3. The van der Waals surface area contributed by atoms with Gasteiger partial charge in [0.25, 0.3) is 0 Å². The van der Waals surface area contributed by atoms with Crippen LogP contribution in [0.1, 0.15) is 5.56 Å². The van der Waals surface area contributed by atoms with Crippen molar-refractivity contribution < 1.29 is 4.39 Å². The highest BCUT2D eigenvalue weighted by atomic mass is 79.9. The third-order valence-corrected chi connectivity index (χ3v) is 4.64. The van der Waals surface area contributed by atoms with E-state index in [1.165, 1.54) is 12.1 Å². The summed E-state index contributed by atoms with van der Waals surface area (Å²) >= 11 is 11.0. The van der Waals surface area contributed by atoms with Gasteiger partial charge >= 0.3 is 0 Å². The molecule has 2 N–H and O–H groups in total. The van der Waals surface area contributed by atoms with Crippen LogP contribution in [0.3, 0.4) is 0 Å². The van der Waals surface area contributed by atoms with E-state index in [1.807, 2.05) is 6.07 Å². The zero-order valence-corrected chi connectivity index (χ0v) is 12.4. The predicted octanol–water partition coefficient (Wildman–Crippen LogP) is 5.12. The first-order valence-electron chi connectivity index (χ1n) is 5.18. The first-order chi connectivity index (χ1) is 8.56. The second-order valence-corrected chi connectivity index (χ2v) is 5.99. The van der Waals surface area contributed by atoms with E-state index in [0.717, 1.165) is 14.9 Å². The average Bonchev–Trinajstić information content (AvgIpc) is 2.32. The summed E-state index contributed by atoms with van der Waals surface area (Å²) in [5.74, 6) is 0.446. The molecule has 0 saturated carbocycles. The van der Waals surface area contributed by atoms with Crippen molar-refractivity contribution in [2.24, 2.45) is 0 Å². The SMILES string of the molecule is Nc1ccc(Cl)c(SCc2ccc(F)cc2Br)c1. The summed E-state index contributed by atoms with van der Waals surface area (Å²) in [5.41, 5.74) is 7.41. The Morgan fingerprint density at radius 1 is 1.22 bits per heavy atom. The van der Waals surface area contributed by atoms with Crippen LogP contribution in [0.2, 0.25) is 5.02 Å². The van der Waals surface area contributed by atoms with Crippen LogP contribution in [0.4, 0.5) is 10.1 Å². The maximum absolute atomic E-state index is 13.0. The molecule has 0 radical (unpaired) electrons. The van der Waals surface area contributed by atoms with Gasteiger partial charge in [0.15, 0.2) is 0 Å². The molecule has 18 heavy (non-hydrogen) atoms. The zero-order valence-electron chi connectivity index (χ0n) is 9.29. The molecular formula is C13H10BrClFNS.